The molecule has 0 aromatic heterocycles. The van der Waals surface area contributed by atoms with E-state index in [2.05, 4.69) is 32.2 Å². The lowest BCUT2D eigenvalue weighted by atomic mass is 10.1. The number of halogens is 1. The minimum atomic E-state index is 0.445. The van der Waals surface area contributed by atoms with Gasteiger partial charge in [0.05, 0.1) is 0 Å². The molecule has 2 rings (SSSR count). The van der Waals surface area contributed by atoms with E-state index in [1.807, 2.05) is 36.4 Å². The highest BCUT2D eigenvalue weighted by atomic mass is 35.5. The molecule has 0 atom stereocenters. The average molecular weight is 304 g/mol. The number of aryl methyl sites for hydroxylation is 1. The second kappa shape index (κ2) is 7.48. The van der Waals surface area contributed by atoms with E-state index in [1.165, 1.54) is 0 Å². The Morgan fingerprint density at radius 1 is 1.10 bits per heavy atom. The van der Waals surface area contributed by atoms with Crippen LogP contribution in [0, 0.1) is 0 Å². The van der Waals surface area contributed by atoms with Gasteiger partial charge in [0.1, 0.15) is 11.5 Å². The highest BCUT2D eigenvalue weighted by molar-refractivity contribution is 6.31. The minimum absolute atomic E-state index is 0.445. The average Bonchev–Trinajstić information content (AvgIpc) is 2.48. The number of benzene rings is 2. The zero-order valence-corrected chi connectivity index (χ0v) is 13.6. The van der Waals surface area contributed by atoms with Gasteiger partial charge in [-0.1, -0.05) is 50.6 Å². The molecule has 0 heterocycles. The molecule has 0 amide bonds. The van der Waals surface area contributed by atoms with Gasteiger partial charge in [-0.25, -0.2) is 0 Å². The van der Waals surface area contributed by atoms with E-state index in [4.69, 9.17) is 16.3 Å². The Morgan fingerprint density at radius 2 is 1.86 bits per heavy atom. The molecule has 0 spiro atoms. The van der Waals surface area contributed by atoms with Crippen LogP contribution in [-0.4, -0.2) is 6.04 Å². The van der Waals surface area contributed by atoms with Gasteiger partial charge < -0.3 is 10.1 Å². The highest BCUT2D eigenvalue weighted by Crippen LogP contribution is 2.28. The standard InChI is InChI=1S/C18H22ClNO/c1-4-14-11-16(9-10-17(14)19)21-18-8-6-5-7-15(18)12-20-13(2)3/h5-11,13,20H,4,12H2,1-3H3. The lowest BCUT2D eigenvalue weighted by molar-refractivity contribution is 0.469. The van der Waals surface area contributed by atoms with Crippen LogP contribution in [0.5, 0.6) is 11.5 Å². The van der Waals surface area contributed by atoms with Gasteiger partial charge in [0, 0.05) is 23.2 Å². The predicted octanol–water partition coefficient (Wildman–Crippen LogP) is 5.19. The van der Waals surface area contributed by atoms with Gasteiger partial charge in [-0.15, -0.1) is 0 Å². The van der Waals surface area contributed by atoms with Crippen LogP contribution >= 0.6 is 11.6 Å². The maximum Gasteiger partial charge on any atom is 0.131 e. The monoisotopic (exact) mass is 303 g/mol. The van der Waals surface area contributed by atoms with Gasteiger partial charge >= 0.3 is 0 Å². The lowest BCUT2D eigenvalue weighted by Gasteiger charge is -2.14. The summed E-state index contributed by atoms with van der Waals surface area (Å²) in [6, 6.07) is 14.4. The van der Waals surface area contributed by atoms with E-state index in [0.717, 1.165) is 40.6 Å². The summed E-state index contributed by atoms with van der Waals surface area (Å²) < 4.78 is 6.04. The number of para-hydroxylation sites is 1. The Balaban J connectivity index is 2.19. The Hall–Kier alpha value is -1.51. The van der Waals surface area contributed by atoms with E-state index in [9.17, 15) is 0 Å². The number of rotatable bonds is 6. The molecule has 0 radical (unpaired) electrons. The Bertz CT molecular complexity index is 596. The fraction of sp³-hybridized carbons (Fsp3) is 0.333. The van der Waals surface area contributed by atoms with Crippen LogP contribution in [0.4, 0.5) is 0 Å². The molecule has 21 heavy (non-hydrogen) atoms. The van der Waals surface area contributed by atoms with Crippen LogP contribution in [0.25, 0.3) is 0 Å². The van der Waals surface area contributed by atoms with Crippen molar-refractivity contribution in [3.63, 3.8) is 0 Å². The molecule has 1 N–H and O–H groups in total. The Kier molecular flexibility index (Phi) is 5.66. The number of hydrogen-bond donors (Lipinski definition) is 1. The van der Waals surface area contributed by atoms with Gasteiger partial charge in [0.25, 0.3) is 0 Å². The molecule has 2 nitrogen and oxygen atoms in total. The SMILES string of the molecule is CCc1cc(Oc2ccccc2CNC(C)C)ccc1Cl. The second-order valence-electron chi connectivity index (χ2n) is 5.35. The van der Waals surface area contributed by atoms with Crippen molar-refractivity contribution in [3.05, 3.63) is 58.6 Å². The Labute approximate surface area is 132 Å². The first kappa shape index (κ1) is 15.9. The third-order valence-electron chi connectivity index (χ3n) is 3.30. The normalized spacial score (nSPS) is 10.9. The molecule has 0 saturated heterocycles. The molecule has 2 aromatic carbocycles. The quantitative estimate of drug-likeness (QED) is 0.792. The molecular weight excluding hydrogens is 282 g/mol. The molecule has 0 unspecified atom stereocenters. The molecule has 3 heteroatoms. The zero-order chi connectivity index (χ0) is 15.2. The molecule has 0 bridgehead atoms. The summed E-state index contributed by atoms with van der Waals surface area (Å²) in [5, 5.41) is 4.21. The maximum atomic E-state index is 6.15. The smallest absolute Gasteiger partial charge is 0.131 e. The Morgan fingerprint density at radius 3 is 2.57 bits per heavy atom. The first-order chi connectivity index (χ1) is 10.1. The largest absolute Gasteiger partial charge is 0.457 e. The summed E-state index contributed by atoms with van der Waals surface area (Å²) >= 11 is 6.15. The van der Waals surface area contributed by atoms with E-state index in [-0.39, 0.29) is 0 Å². The fourth-order valence-electron chi connectivity index (χ4n) is 2.08. The number of hydrogen-bond acceptors (Lipinski definition) is 2. The summed E-state index contributed by atoms with van der Waals surface area (Å²) in [7, 11) is 0. The van der Waals surface area contributed by atoms with Crippen molar-refractivity contribution in [2.45, 2.75) is 39.8 Å². The third kappa shape index (κ3) is 4.48. The second-order valence-corrected chi connectivity index (χ2v) is 5.76. The predicted molar refractivity (Wildman–Crippen MR) is 89.3 cm³/mol. The lowest BCUT2D eigenvalue weighted by Crippen LogP contribution is -2.22. The van der Waals surface area contributed by atoms with Crippen molar-refractivity contribution in [3.8, 4) is 11.5 Å². The van der Waals surface area contributed by atoms with Gasteiger partial charge in [-0.05, 0) is 36.2 Å². The maximum absolute atomic E-state index is 6.15. The van der Waals surface area contributed by atoms with Crippen LogP contribution in [0.15, 0.2) is 42.5 Å². The summed E-state index contributed by atoms with van der Waals surface area (Å²) in [5.41, 5.74) is 2.26. The highest BCUT2D eigenvalue weighted by Gasteiger charge is 2.07. The molecule has 0 aliphatic rings. The van der Waals surface area contributed by atoms with E-state index < -0.39 is 0 Å². The van der Waals surface area contributed by atoms with E-state index in [0.29, 0.717) is 6.04 Å². The first-order valence-corrected chi connectivity index (χ1v) is 7.75. The van der Waals surface area contributed by atoms with Crippen LogP contribution in [-0.2, 0) is 13.0 Å². The van der Waals surface area contributed by atoms with Crippen molar-refractivity contribution in [2.75, 3.05) is 0 Å². The number of ether oxygens (including phenoxy) is 1. The minimum Gasteiger partial charge on any atom is -0.457 e. The van der Waals surface area contributed by atoms with Gasteiger partial charge in [-0.3, -0.25) is 0 Å². The zero-order valence-electron chi connectivity index (χ0n) is 12.8. The third-order valence-corrected chi connectivity index (χ3v) is 3.67. The number of nitrogens with one attached hydrogen (secondary N) is 1. The van der Waals surface area contributed by atoms with E-state index >= 15 is 0 Å². The van der Waals surface area contributed by atoms with Crippen LogP contribution < -0.4 is 10.1 Å². The van der Waals surface area contributed by atoms with Crippen molar-refractivity contribution >= 4 is 11.6 Å². The molecule has 0 aliphatic carbocycles. The molecule has 2 aromatic rings. The van der Waals surface area contributed by atoms with Crippen LogP contribution in [0.1, 0.15) is 31.9 Å². The van der Waals surface area contributed by atoms with Crippen molar-refractivity contribution < 1.29 is 4.74 Å². The van der Waals surface area contributed by atoms with E-state index in [1.54, 1.807) is 0 Å². The van der Waals surface area contributed by atoms with Gasteiger partial charge in [0.15, 0.2) is 0 Å². The molecule has 0 aliphatic heterocycles. The van der Waals surface area contributed by atoms with Gasteiger partial charge in [0.2, 0.25) is 0 Å². The fourth-order valence-corrected chi connectivity index (χ4v) is 2.33. The summed E-state index contributed by atoms with van der Waals surface area (Å²) in [4.78, 5) is 0. The summed E-state index contributed by atoms with van der Waals surface area (Å²) in [6.45, 7) is 7.15. The van der Waals surface area contributed by atoms with Gasteiger partial charge in [-0.2, -0.15) is 0 Å². The first-order valence-electron chi connectivity index (χ1n) is 7.37. The topological polar surface area (TPSA) is 21.3 Å². The molecular formula is C18H22ClNO. The molecule has 0 saturated carbocycles. The van der Waals surface area contributed by atoms with Crippen LogP contribution in [0.3, 0.4) is 0 Å². The summed E-state index contributed by atoms with van der Waals surface area (Å²) in [5.74, 6) is 1.71. The molecule has 112 valence electrons. The van der Waals surface area contributed by atoms with Crippen molar-refractivity contribution in [1.29, 1.82) is 0 Å². The summed E-state index contributed by atoms with van der Waals surface area (Å²) in [6.07, 6.45) is 0.895. The van der Waals surface area contributed by atoms with Crippen molar-refractivity contribution in [1.82, 2.24) is 5.32 Å². The van der Waals surface area contributed by atoms with Crippen molar-refractivity contribution in [2.24, 2.45) is 0 Å². The van der Waals surface area contributed by atoms with Crippen LogP contribution in [0.2, 0.25) is 5.02 Å². The molecule has 0 fully saturated rings.